The first-order chi connectivity index (χ1) is 8.97. The first-order valence-corrected chi connectivity index (χ1v) is 6.72. The Kier molecular flexibility index (Phi) is 3.80. The Morgan fingerprint density at radius 3 is 2.79 bits per heavy atom. The number of aryl methyl sites for hydroxylation is 2. The molecule has 2 heterocycles. The number of amides is 1. The Labute approximate surface area is 115 Å². The zero-order chi connectivity index (χ0) is 14.0. The van der Waals surface area contributed by atoms with Crippen molar-refractivity contribution in [2.24, 2.45) is 7.05 Å². The molecule has 100 valence electrons. The lowest BCUT2D eigenvalue weighted by Crippen LogP contribution is -2.29. The molecule has 5 nitrogen and oxygen atoms in total. The Balaban J connectivity index is 2.21. The van der Waals surface area contributed by atoms with E-state index in [9.17, 15) is 9.59 Å². The van der Waals surface area contributed by atoms with Gasteiger partial charge in [-0.15, -0.1) is 11.3 Å². The summed E-state index contributed by atoms with van der Waals surface area (Å²) in [5, 5.41) is 5.53. The van der Waals surface area contributed by atoms with Crippen molar-refractivity contribution in [1.29, 1.82) is 0 Å². The molecule has 0 atom stereocenters. The third-order valence-corrected chi connectivity index (χ3v) is 3.42. The van der Waals surface area contributed by atoms with Gasteiger partial charge in [0, 0.05) is 24.2 Å². The van der Waals surface area contributed by atoms with Crippen molar-refractivity contribution >= 4 is 23.0 Å². The lowest BCUT2D eigenvalue weighted by Gasteiger charge is -2.03. The summed E-state index contributed by atoms with van der Waals surface area (Å²) in [6.07, 6.45) is 1.86. The standard InChI is InChI=1S/C13H15N3O2S/c1-8(17)5-14-13(18)12-4-10(6-16(12)3)11-7-19-9(2)15-11/h4,6-7H,5H2,1-3H3,(H,14,18). The van der Waals surface area contributed by atoms with Crippen LogP contribution in [-0.2, 0) is 11.8 Å². The molecule has 0 saturated carbocycles. The Bertz CT molecular complexity index is 628. The zero-order valence-electron chi connectivity index (χ0n) is 11.1. The fraction of sp³-hybridized carbons (Fsp3) is 0.308. The van der Waals surface area contributed by atoms with Gasteiger partial charge in [0.05, 0.1) is 17.2 Å². The van der Waals surface area contributed by atoms with E-state index < -0.39 is 0 Å². The number of nitrogens with one attached hydrogen (secondary N) is 1. The van der Waals surface area contributed by atoms with E-state index in [4.69, 9.17) is 0 Å². The van der Waals surface area contributed by atoms with E-state index in [0.717, 1.165) is 16.3 Å². The number of carbonyl (C=O) groups is 2. The number of Topliss-reactive ketones (excluding diaryl/α,β-unsaturated/α-hetero) is 1. The summed E-state index contributed by atoms with van der Waals surface area (Å²) in [5.74, 6) is -0.325. The monoisotopic (exact) mass is 277 g/mol. The molecule has 0 aliphatic carbocycles. The molecular weight excluding hydrogens is 262 g/mol. The van der Waals surface area contributed by atoms with Crippen LogP contribution in [0.4, 0.5) is 0 Å². The molecule has 6 heteroatoms. The highest BCUT2D eigenvalue weighted by molar-refractivity contribution is 7.09. The van der Waals surface area contributed by atoms with Gasteiger partial charge in [-0.25, -0.2) is 4.98 Å². The predicted octanol–water partition coefficient (Wildman–Crippen LogP) is 1.78. The largest absolute Gasteiger partial charge is 0.346 e. The number of nitrogens with zero attached hydrogens (tertiary/aromatic N) is 2. The summed E-state index contributed by atoms with van der Waals surface area (Å²) in [6, 6.07) is 1.78. The average molecular weight is 277 g/mol. The Hall–Kier alpha value is -1.95. The molecule has 0 unspecified atom stereocenters. The topological polar surface area (TPSA) is 64.0 Å². The molecule has 2 aromatic rings. The molecular formula is C13H15N3O2S. The number of ketones is 1. The summed E-state index contributed by atoms with van der Waals surface area (Å²) in [6.45, 7) is 3.43. The molecule has 0 spiro atoms. The summed E-state index contributed by atoms with van der Waals surface area (Å²) in [5.41, 5.74) is 2.28. The van der Waals surface area contributed by atoms with Gasteiger partial charge in [-0.3, -0.25) is 9.59 Å². The molecule has 0 radical (unpaired) electrons. The van der Waals surface area contributed by atoms with E-state index in [-0.39, 0.29) is 18.2 Å². The molecule has 1 amide bonds. The average Bonchev–Trinajstić information content (AvgIpc) is 2.92. The zero-order valence-corrected chi connectivity index (χ0v) is 11.9. The lowest BCUT2D eigenvalue weighted by atomic mass is 10.2. The number of carbonyl (C=O) groups excluding carboxylic acids is 2. The molecule has 0 saturated heterocycles. The SMILES string of the molecule is CC(=O)CNC(=O)c1cc(-c2csc(C)n2)cn1C. The fourth-order valence-electron chi connectivity index (χ4n) is 1.72. The maximum Gasteiger partial charge on any atom is 0.268 e. The summed E-state index contributed by atoms with van der Waals surface area (Å²) in [4.78, 5) is 27.2. The molecule has 2 aromatic heterocycles. The highest BCUT2D eigenvalue weighted by atomic mass is 32.1. The summed E-state index contributed by atoms with van der Waals surface area (Å²) < 4.78 is 1.74. The number of rotatable bonds is 4. The van der Waals surface area contributed by atoms with Gasteiger partial charge in [0.15, 0.2) is 0 Å². The highest BCUT2D eigenvalue weighted by Gasteiger charge is 2.14. The van der Waals surface area contributed by atoms with Crippen LogP contribution in [0.1, 0.15) is 22.4 Å². The maximum atomic E-state index is 11.9. The predicted molar refractivity (Wildman–Crippen MR) is 74.3 cm³/mol. The number of aromatic nitrogens is 2. The number of thiazole rings is 1. The minimum Gasteiger partial charge on any atom is -0.346 e. The van der Waals surface area contributed by atoms with Crippen molar-refractivity contribution in [2.75, 3.05) is 6.54 Å². The van der Waals surface area contributed by atoms with Crippen LogP contribution in [-0.4, -0.2) is 27.8 Å². The van der Waals surface area contributed by atoms with E-state index in [1.807, 2.05) is 18.5 Å². The van der Waals surface area contributed by atoms with E-state index in [0.29, 0.717) is 5.69 Å². The number of hydrogen-bond acceptors (Lipinski definition) is 4. The Morgan fingerprint density at radius 2 is 2.21 bits per heavy atom. The van der Waals surface area contributed by atoms with Gasteiger partial charge >= 0.3 is 0 Å². The second kappa shape index (κ2) is 5.36. The van der Waals surface area contributed by atoms with Crippen LogP contribution in [0.5, 0.6) is 0 Å². The van der Waals surface area contributed by atoms with Crippen LogP contribution >= 0.6 is 11.3 Å². The van der Waals surface area contributed by atoms with Crippen molar-refractivity contribution in [2.45, 2.75) is 13.8 Å². The van der Waals surface area contributed by atoms with Gasteiger partial charge in [-0.1, -0.05) is 0 Å². The lowest BCUT2D eigenvalue weighted by molar-refractivity contribution is -0.116. The van der Waals surface area contributed by atoms with Crippen LogP contribution in [0.15, 0.2) is 17.6 Å². The van der Waals surface area contributed by atoms with Crippen LogP contribution < -0.4 is 5.32 Å². The highest BCUT2D eigenvalue weighted by Crippen LogP contribution is 2.23. The van der Waals surface area contributed by atoms with Crippen molar-refractivity contribution in [3.8, 4) is 11.3 Å². The van der Waals surface area contributed by atoms with Crippen molar-refractivity contribution in [1.82, 2.24) is 14.9 Å². The normalized spacial score (nSPS) is 10.5. The van der Waals surface area contributed by atoms with E-state index in [2.05, 4.69) is 10.3 Å². The van der Waals surface area contributed by atoms with Crippen LogP contribution in [0.3, 0.4) is 0 Å². The molecule has 0 aromatic carbocycles. The number of hydrogen-bond donors (Lipinski definition) is 1. The van der Waals surface area contributed by atoms with E-state index >= 15 is 0 Å². The first kappa shape index (κ1) is 13.5. The molecule has 0 aliphatic heterocycles. The van der Waals surface area contributed by atoms with Gasteiger partial charge in [0.25, 0.3) is 5.91 Å². The van der Waals surface area contributed by atoms with Crippen molar-refractivity contribution < 1.29 is 9.59 Å². The fourth-order valence-corrected chi connectivity index (χ4v) is 2.34. The molecule has 2 rings (SSSR count). The maximum absolute atomic E-state index is 11.9. The van der Waals surface area contributed by atoms with Crippen molar-refractivity contribution in [3.05, 3.63) is 28.3 Å². The van der Waals surface area contributed by atoms with Gasteiger partial charge in [0.2, 0.25) is 0 Å². The van der Waals surface area contributed by atoms with Crippen LogP contribution in [0.25, 0.3) is 11.3 Å². The summed E-state index contributed by atoms with van der Waals surface area (Å²) in [7, 11) is 1.80. The minimum atomic E-state index is -0.254. The van der Waals surface area contributed by atoms with Gasteiger partial charge in [-0.2, -0.15) is 0 Å². The van der Waals surface area contributed by atoms with Crippen LogP contribution in [0, 0.1) is 6.92 Å². The molecule has 0 aliphatic rings. The molecule has 0 fully saturated rings. The second-order valence-electron chi connectivity index (χ2n) is 4.36. The Morgan fingerprint density at radius 1 is 1.47 bits per heavy atom. The second-order valence-corrected chi connectivity index (χ2v) is 5.42. The molecule has 1 N–H and O–H groups in total. The smallest absolute Gasteiger partial charge is 0.268 e. The molecule has 19 heavy (non-hydrogen) atoms. The van der Waals surface area contributed by atoms with E-state index in [1.165, 1.54) is 6.92 Å². The molecule has 0 bridgehead atoms. The van der Waals surface area contributed by atoms with Gasteiger partial charge in [-0.05, 0) is 19.9 Å². The first-order valence-electron chi connectivity index (χ1n) is 5.84. The van der Waals surface area contributed by atoms with Gasteiger partial charge in [0.1, 0.15) is 11.5 Å². The minimum absolute atomic E-state index is 0.0507. The summed E-state index contributed by atoms with van der Waals surface area (Å²) >= 11 is 1.57. The van der Waals surface area contributed by atoms with E-state index in [1.54, 1.807) is 29.0 Å². The third-order valence-electron chi connectivity index (χ3n) is 2.65. The third kappa shape index (κ3) is 3.08. The van der Waals surface area contributed by atoms with Crippen LogP contribution in [0.2, 0.25) is 0 Å². The van der Waals surface area contributed by atoms with Crippen molar-refractivity contribution in [3.63, 3.8) is 0 Å². The van der Waals surface area contributed by atoms with Gasteiger partial charge < -0.3 is 9.88 Å². The quantitative estimate of drug-likeness (QED) is 0.926.